The Labute approximate surface area is 120 Å². The molecule has 0 bridgehead atoms. The lowest BCUT2D eigenvalue weighted by atomic mass is 10.0. The molecule has 1 aliphatic heterocycles. The smallest absolute Gasteiger partial charge is 0.238 e. The molecule has 1 aromatic rings. The van der Waals surface area contributed by atoms with Crippen molar-refractivity contribution in [2.45, 2.75) is 26.7 Å². The van der Waals surface area contributed by atoms with Crippen molar-refractivity contribution in [3.63, 3.8) is 0 Å². The van der Waals surface area contributed by atoms with Crippen molar-refractivity contribution in [1.29, 1.82) is 0 Å². The summed E-state index contributed by atoms with van der Waals surface area (Å²) in [4.78, 5) is 25.8. The lowest BCUT2D eigenvalue weighted by molar-refractivity contribution is -0.117. The van der Waals surface area contributed by atoms with Crippen molar-refractivity contribution in [3.8, 4) is 0 Å². The molecule has 4 nitrogen and oxygen atoms in total. The molecular weight excluding hydrogens is 252 g/mol. The minimum Gasteiger partial charge on any atom is -0.324 e. The lowest BCUT2D eigenvalue weighted by Gasteiger charge is -2.30. The van der Waals surface area contributed by atoms with Crippen LogP contribution in [0, 0.1) is 5.92 Å². The van der Waals surface area contributed by atoms with Crippen LogP contribution in [0.15, 0.2) is 24.3 Å². The number of piperidine rings is 1. The predicted octanol–water partition coefficient (Wildman–Crippen LogP) is 2.56. The summed E-state index contributed by atoms with van der Waals surface area (Å²) in [7, 11) is 0. The molecule has 108 valence electrons. The molecule has 0 saturated carbocycles. The van der Waals surface area contributed by atoms with Gasteiger partial charge in [-0.05, 0) is 44.4 Å². The number of nitrogens with one attached hydrogen (secondary N) is 1. The zero-order chi connectivity index (χ0) is 14.5. The molecular formula is C16H22N2O2. The van der Waals surface area contributed by atoms with Crippen molar-refractivity contribution in [2.75, 3.05) is 25.0 Å². The lowest BCUT2D eigenvalue weighted by Crippen LogP contribution is -2.39. The second kappa shape index (κ2) is 6.66. The van der Waals surface area contributed by atoms with Crippen molar-refractivity contribution in [1.82, 2.24) is 4.90 Å². The van der Waals surface area contributed by atoms with Gasteiger partial charge in [0.25, 0.3) is 0 Å². The van der Waals surface area contributed by atoms with Crippen LogP contribution in [-0.2, 0) is 4.79 Å². The maximum Gasteiger partial charge on any atom is 0.238 e. The molecule has 1 aromatic carbocycles. The number of hydrogen-bond donors (Lipinski definition) is 1. The van der Waals surface area contributed by atoms with Gasteiger partial charge in [-0.2, -0.15) is 0 Å². The van der Waals surface area contributed by atoms with Gasteiger partial charge in [0.2, 0.25) is 5.91 Å². The number of carbonyl (C=O) groups excluding carboxylic acids is 2. The minimum absolute atomic E-state index is 0.0347. The summed E-state index contributed by atoms with van der Waals surface area (Å²) in [6.45, 7) is 6.08. The average Bonchev–Trinajstić information content (AvgIpc) is 2.38. The molecule has 1 fully saturated rings. The van der Waals surface area contributed by atoms with Gasteiger partial charge in [0.1, 0.15) is 0 Å². The molecule has 0 aliphatic carbocycles. The molecule has 0 aromatic heterocycles. The summed E-state index contributed by atoms with van der Waals surface area (Å²) in [6.07, 6.45) is 2.39. The van der Waals surface area contributed by atoms with E-state index < -0.39 is 0 Å². The summed E-state index contributed by atoms with van der Waals surface area (Å²) in [5, 5.41) is 2.85. The second-order valence-corrected chi connectivity index (χ2v) is 5.63. The molecule has 1 aliphatic rings. The molecule has 1 saturated heterocycles. The number of ketones is 1. The van der Waals surface area contributed by atoms with Crippen LogP contribution < -0.4 is 5.32 Å². The molecule has 2 rings (SSSR count). The van der Waals surface area contributed by atoms with Crippen LogP contribution in [0.2, 0.25) is 0 Å². The number of likely N-dealkylation sites (tertiary alicyclic amines) is 1. The van der Waals surface area contributed by atoms with E-state index in [0.717, 1.165) is 19.5 Å². The largest absolute Gasteiger partial charge is 0.324 e. The van der Waals surface area contributed by atoms with Gasteiger partial charge < -0.3 is 5.32 Å². The van der Waals surface area contributed by atoms with E-state index in [4.69, 9.17) is 0 Å². The van der Waals surface area contributed by atoms with Gasteiger partial charge in [0, 0.05) is 12.1 Å². The fraction of sp³-hybridized carbons (Fsp3) is 0.500. The van der Waals surface area contributed by atoms with Crippen LogP contribution >= 0.6 is 0 Å². The molecule has 0 radical (unpaired) electrons. The average molecular weight is 274 g/mol. The van der Waals surface area contributed by atoms with Crippen molar-refractivity contribution in [2.24, 2.45) is 5.92 Å². The molecule has 4 heteroatoms. The van der Waals surface area contributed by atoms with E-state index in [2.05, 4.69) is 17.1 Å². The number of anilines is 1. The van der Waals surface area contributed by atoms with E-state index in [1.54, 1.807) is 18.2 Å². The zero-order valence-corrected chi connectivity index (χ0v) is 12.2. The highest BCUT2D eigenvalue weighted by molar-refractivity contribution is 6.04. The standard InChI is InChI=1S/C16H22N2O2/c1-12-6-5-9-18(10-12)11-16(20)17-15-8-4-3-7-14(15)13(2)19/h3-4,7-8,12H,5-6,9-11H2,1-2H3,(H,17,20)/t12-/m0/s1. The highest BCUT2D eigenvalue weighted by Crippen LogP contribution is 2.17. The minimum atomic E-state index is -0.0483. The summed E-state index contributed by atoms with van der Waals surface area (Å²) >= 11 is 0. The van der Waals surface area contributed by atoms with E-state index in [1.807, 2.05) is 6.07 Å². The second-order valence-electron chi connectivity index (χ2n) is 5.63. The number of benzene rings is 1. The highest BCUT2D eigenvalue weighted by atomic mass is 16.2. The van der Waals surface area contributed by atoms with E-state index in [0.29, 0.717) is 23.7 Å². The Kier molecular flexibility index (Phi) is 4.90. The first-order valence-corrected chi connectivity index (χ1v) is 7.18. The van der Waals surface area contributed by atoms with E-state index >= 15 is 0 Å². The van der Waals surface area contributed by atoms with Gasteiger partial charge in [-0.3, -0.25) is 14.5 Å². The van der Waals surface area contributed by atoms with Crippen molar-refractivity contribution in [3.05, 3.63) is 29.8 Å². The van der Waals surface area contributed by atoms with Gasteiger partial charge >= 0.3 is 0 Å². The third-order valence-corrected chi connectivity index (χ3v) is 3.69. The Bertz CT molecular complexity index is 499. The molecule has 1 amide bonds. The van der Waals surface area contributed by atoms with Crippen LogP contribution in [0.5, 0.6) is 0 Å². The van der Waals surface area contributed by atoms with Gasteiger partial charge in [0.15, 0.2) is 5.78 Å². The first kappa shape index (κ1) is 14.7. The monoisotopic (exact) mass is 274 g/mol. The van der Waals surface area contributed by atoms with Gasteiger partial charge in [-0.25, -0.2) is 0 Å². The molecule has 0 unspecified atom stereocenters. The van der Waals surface area contributed by atoms with E-state index in [-0.39, 0.29) is 11.7 Å². The van der Waals surface area contributed by atoms with Gasteiger partial charge in [-0.1, -0.05) is 19.1 Å². The van der Waals surface area contributed by atoms with Gasteiger partial charge in [-0.15, -0.1) is 0 Å². The van der Waals surface area contributed by atoms with Crippen LogP contribution in [-0.4, -0.2) is 36.2 Å². The Hall–Kier alpha value is -1.68. The first-order valence-electron chi connectivity index (χ1n) is 7.18. The number of nitrogens with zero attached hydrogens (tertiary/aromatic N) is 1. The van der Waals surface area contributed by atoms with Crippen molar-refractivity contribution >= 4 is 17.4 Å². The van der Waals surface area contributed by atoms with Crippen molar-refractivity contribution < 1.29 is 9.59 Å². The molecule has 0 spiro atoms. The van der Waals surface area contributed by atoms with E-state index in [1.165, 1.54) is 13.3 Å². The molecule has 1 heterocycles. The van der Waals surface area contributed by atoms with E-state index in [9.17, 15) is 9.59 Å². The third kappa shape index (κ3) is 3.90. The third-order valence-electron chi connectivity index (χ3n) is 3.69. The Morgan fingerprint density at radius 2 is 2.10 bits per heavy atom. The summed E-state index contributed by atoms with van der Waals surface area (Å²) in [5.41, 5.74) is 1.17. The normalized spacial score (nSPS) is 19.6. The number of amides is 1. The molecule has 1 N–H and O–H groups in total. The summed E-state index contributed by atoms with van der Waals surface area (Å²) < 4.78 is 0. The van der Waals surface area contributed by atoms with Crippen LogP contribution in [0.3, 0.4) is 0 Å². The predicted molar refractivity (Wildman–Crippen MR) is 79.9 cm³/mol. The summed E-state index contributed by atoms with van der Waals surface area (Å²) in [5.74, 6) is 0.571. The number of para-hydroxylation sites is 1. The first-order chi connectivity index (χ1) is 9.56. The molecule has 1 atom stereocenters. The highest BCUT2D eigenvalue weighted by Gasteiger charge is 2.19. The Balaban J connectivity index is 1.96. The van der Waals surface area contributed by atoms with Crippen LogP contribution in [0.4, 0.5) is 5.69 Å². The maximum atomic E-state index is 12.1. The Morgan fingerprint density at radius 1 is 1.35 bits per heavy atom. The fourth-order valence-electron chi connectivity index (χ4n) is 2.72. The quantitative estimate of drug-likeness (QED) is 0.858. The fourth-order valence-corrected chi connectivity index (χ4v) is 2.72. The molecule has 20 heavy (non-hydrogen) atoms. The number of Topliss-reactive ketones (excluding diaryl/α,β-unsaturated/α-hetero) is 1. The van der Waals surface area contributed by atoms with Crippen LogP contribution in [0.1, 0.15) is 37.0 Å². The zero-order valence-electron chi connectivity index (χ0n) is 12.2. The SMILES string of the molecule is CC(=O)c1ccccc1NC(=O)CN1CCC[C@H](C)C1. The topological polar surface area (TPSA) is 49.4 Å². The summed E-state index contributed by atoms with van der Waals surface area (Å²) in [6, 6.07) is 7.14. The number of carbonyl (C=O) groups is 2. The van der Waals surface area contributed by atoms with Crippen LogP contribution in [0.25, 0.3) is 0 Å². The number of rotatable bonds is 4. The Morgan fingerprint density at radius 3 is 2.80 bits per heavy atom. The van der Waals surface area contributed by atoms with Gasteiger partial charge in [0.05, 0.1) is 12.2 Å². The maximum absolute atomic E-state index is 12.1. The number of hydrogen-bond acceptors (Lipinski definition) is 3.